The summed E-state index contributed by atoms with van der Waals surface area (Å²) in [6, 6.07) is 4.81. The van der Waals surface area contributed by atoms with Gasteiger partial charge in [-0.3, -0.25) is 4.79 Å². The van der Waals surface area contributed by atoms with Crippen molar-refractivity contribution in [2.75, 3.05) is 6.61 Å². The maximum atomic E-state index is 12.6. The molecule has 0 heterocycles. The molecular formula is C13H15F3O2. The fourth-order valence-corrected chi connectivity index (χ4v) is 1.71. The average molecular weight is 260 g/mol. The van der Waals surface area contributed by atoms with Crippen LogP contribution in [0.5, 0.6) is 0 Å². The van der Waals surface area contributed by atoms with E-state index in [2.05, 4.69) is 0 Å². The third kappa shape index (κ3) is 3.48. The molecule has 1 unspecified atom stereocenters. The van der Waals surface area contributed by atoms with E-state index in [1.54, 1.807) is 13.8 Å². The molecule has 1 aromatic carbocycles. The number of hydrogen-bond acceptors (Lipinski definition) is 2. The zero-order chi connectivity index (χ0) is 13.8. The predicted molar refractivity (Wildman–Crippen MR) is 61.1 cm³/mol. The van der Waals surface area contributed by atoms with E-state index in [4.69, 9.17) is 4.74 Å². The van der Waals surface area contributed by atoms with Crippen molar-refractivity contribution in [3.05, 3.63) is 35.4 Å². The van der Waals surface area contributed by atoms with E-state index in [1.165, 1.54) is 12.1 Å². The van der Waals surface area contributed by atoms with Crippen molar-refractivity contribution >= 4 is 5.97 Å². The molecule has 1 atom stereocenters. The van der Waals surface area contributed by atoms with Crippen molar-refractivity contribution in [2.45, 2.75) is 32.4 Å². The van der Waals surface area contributed by atoms with E-state index in [9.17, 15) is 18.0 Å². The Morgan fingerprint density at radius 3 is 2.50 bits per heavy atom. The summed E-state index contributed by atoms with van der Waals surface area (Å²) in [7, 11) is 0. The maximum absolute atomic E-state index is 12.6. The molecule has 18 heavy (non-hydrogen) atoms. The molecule has 0 radical (unpaired) electrons. The zero-order valence-corrected chi connectivity index (χ0v) is 10.3. The molecule has 2 nitrogen and oxygen atoms in total. The van der Waals surface area contributed by atoms with Crippen molar-refractivity contribution < 1.29 is 22.7 Å². The molecule has 0 N–H and O–H groups in total. The lowest BCUT2D eigenvalue weighted by atomic mass is 9.95. The molecule has 5 heteroatoms. The predicted octanol–water partition coefficient (Wildman–Crippen LogP) is 3.76. The second kappa shape index (κ2) is 5.89. The second-order valence-corrected chi connectivity index (χ2v) is 3.84. The molecule has 0 saturated heterocycles. The lowest BCUT2D eigenvalue weighted by molar-refractivity contribution is -0.145. The van der Waals surface area contributed by atoms with Crippen LogP contribution in [0.4, 0.5) is 13.2 Å². The standard InChI is InChI=1S/C13H15F3O2/c1-3-11(12(17)18-4-2)9-6-5-7-10(8-9)13(14,15)16/h5-8,11H,3-4H2,1-2H3. The first-order chi connectivity index (χ1) is 8.40. The molecule has 0 aliphatic rings. The van der Waals surface area contributed by atoms with E-state index in [0.29, 0.717) is 12.0 Å². The highest BCUT2D eigenvalue weighted by molar-refractivity contribution is 5.78. The van der Waals surface area contributed by atoms with Crippen LogP contribution in [0.25, 0.3) is 0 Å². The van der Waals surface area contributed by atoms with Gasteiger partial charge in [-0.05, 0) is 25.0 Å². The molecule has 0 aliphatic heterocycles. The smallest absolute Gasteiger partial charge is 0.416 e. The Kier molecular flexibility index (Phi) is 4.76. The number of carbonyl (C=O) groups is 1. The normalized spacial score (nSPS) is 13.2. The quantitative estimate of drug-likeness (QED) is 0.770. The Morgan fingerprint density at radius 1 is 1.33 bits per heavy atom. The van der Waals surface area contributed by atoms with Crippen LogP contribution < -0.4 is 0 Å². The molecule has 0 saturated carbocycles. The van der Waals surface area contributed by atoms with Gasteiger partial charge < -0.3 is 4.74 Å². The summed E-state index contributed by atoms with van der Waals surface area (Å²) in [6.07, 6.45) is -4.00. The summed E-state index contributed by atoms with van der Waals surface area (Å²) in [6.45, 7) is 3.62. The van der Waals surface area contributed by atoms with E-state index >= 15 is 0 Å². The first-order valence-electron chi connectivity index (χ1n) is 5.74. The Bertz CT molecular complexity index is 413. The molecule has 0 aliphatic carbocycles. The van der Waals surface area contributed by atoms with Crippen LogP contribution >= 0.6 is 0 Å². The highest BCUT2D eigenvalue weighted by atomic mass is 19.4. The number of hydrogen-bond donors (Lipinski definition) is 0. The lowest BCUT2D eigenvalue weighted by Crippen LogP contribution is -2.16. The average Bonchev–Trinajstić information content (AvgIpc) is 2.29. The molecular weight excluding hydrogens is 245 g/mol. The van der Waals surface area contributed by atoms with Crippen LogP contribution in [-0.4, -0.2) is 12.6 Å². The molecule has 1 aromatic rings. The highest BCUT2D eigenvalue weighted by Crippen LogP contribution is 2.32. The second-order valence-electron chi connectivity index (χ2n) is 3.84. The minimum absolute atomic E-state index is 0.217. The molecule has 0 fully saturated rings. The summed E-state index contributed by atoms with van der Waals surface area (Å²) in [4.78, 5) is 11.6. The number of ether oxygens (including phenoxy) is 1. The van der Waals surface area contributed by atoms with Crippen molar-refractivity contribution in [1.29, 1.82) is 0 Å². The van der Waals surface area contributed by atoms with E-state index in [-0.39, 0.29) is 6.61 Å². The molecule has 0 amide bonds. The molecule has 1 rings (SSSR count). The van der Waals surface area contributed by atoms with Gasteiger partial charge >= 0.3 is 12.1 Å². The molecule has 0 spiro atoms. The van der Waals surface area contributed by atoms with Gasteiger partial charge in [0.1, 0.15) is 0 Å². The third-order valence-corrected chi connectivity index (χ3v) is 2.60. The number of esters is 1. The van der Waals surface area contributed by atoms with Gasteiger partial charge in [-0.25, -0.2) is 0 Å². The van der Waals surface area contributed by atoms with Crippen LogP contribution in [0, 0.1) is 0 Å². The summed E-state index contributed by atoms with van der Waals surface area (Å²) in [5.41, 5.74) is -0.409. The number of benzene rings is 1. The van der Waals surface area contributed by atoms with Crippen molar-refractivity contribution in [2.24, 2.45) is 0 Å². The van der Waals surface area contributed by atoms with Crippen molar-refractivity contribution in [3.63, 3.8) is 0 Å². The first kappa shape index (κ1) is 14.5. The topological polar surface area (TPSA) is 26.3 Å². The number of alkyl halides is 3. The van der Waals surface area contributed by atoms with Gasteiger partial charge in [0.15, 0.2) is 0 Å². The summed E-state index contributed by atoms with van der Waals surface area (Å²) in [5.74, 6) is -1.13. The van der Waals surface area contributed by atoms with Gasteiger partial charge in [0.25, 0.3) is 0 Å². The fourth-order valence-electron chi connectivity index (χ4n) is 1.71. The Balaban J connectivity index is 3.04. The number of halogens is 3. The maximum Gasteiger partial charge on any atom is 0.416 e. The van der Waals surface area contributed by atoms with Gasteiger partial charge in [0.2, 0.25) is 0 Å². The monoisotopic (exact) mass is 260 g/mol. The first-order valence-corrected chi connectivity index (χ1v) is 5.74. The molecule has 0 aromatic heterocycles. The minimum Gasteiger partial charge on any atom is -0.466 e. The Morgan fingerprint density at radius 2 is 2.00 bits per heavy atom. The SMILES string of the molecule is CCOC(=O)C(CC)c1cccc(C(F)(F)F)c1. The molecule has 0 bridgehead atoms. The lowest BCUT2D eigenvalue weighted by Gasteiger charge is -2.15. The zero-order valence-electron chi connectivity index (χ0n) is 10.3. The highest BCUT2D eigenvalue weighted by Gasteiger charge is 2.31. The van der Waals surface area contributed by atoms with E-state index < -0.39 is 23.6 Å². The largest absolute Gasteiger partial charge is 0.466 e. The Labute approximate surface area is 104 Å². The number of carbonyl (C=O) groups excluding carboxylic acids is 1. The van der Waals surface area contributed by atoms with Crippen molar-refractivity contribution in [1.82, 2.24) is 0 Å². The van der Waals surface area contributed by atoms with Gasteiger partial charge in [0.05, 0.1) is 18.1 Å². The van der Waals surface area contributed by atoms with Crippen LogP contribution in [-0.2, 0) is 15.7 Å². The summed E-state index contributed by atoms with van der Waals surface area (Å²) >= 11 is 0. The summed E-state index contributed by atoms with van der Waals surface area (Å²) < 4.78 is 42.6. The van der Waals surface area contributed by atoms with E-state index in [1.807, 2.05) is 0 Å². The van der Waals surface area contributed by atoms with Crippen LogP contribution in [0.3, 0.4) is 0 Å². The fraction of sp³-hybridized carbons (Fsp3) is 0.462. The van der Waals surface area contributed by atoms with E-state index in [0.717, 1.165) is 12.1 Å². The van der Waals surface area contributed by atoms with Gasteiger partial charge in [0, 0.05) is 0 Å². The van der Waals surface area contributed by atoms with Crippen molar-refractivity contribution in [3.8, 4) is 0 Å². The number of rotatable bonds is 4. The summed E-state index contributed by atoms with van der Waals surface area (Å²) in [5, 5.41) is 0. The third-order valence-electron chi connectivity index (χ3n) is 2.60. The molecule has 100 valence electrons. The van der Waals surface area contributed by atoms with Gasteiger partial charge in [-0.1, -0.05) is 25.1 Å². The van der Waals surface area contributed by atoms with Crippen LogP contribution in [0.15, 0.2) is 24.3 Å². The van der Waals surface area contributed by atoms with Crippen LogP contribution in [0.1, 0.15) is 37.3 Å². The van der Waals surface area contributed by atoms with Gasteiger partial charge in [-0.15, -0.1) is 0 Å². The Hall–Kier alpha value is -1.52. The van der Waals surface area contributed by atoms with Crippen LogP contribution in [0.2, 0.25) is 0 Å². The minimum atomic E-state index is -4.40. The van der Waals surface area contributed by atoms with Gasteiger partial charge in [-0.2, -0.15) is 13.2 Å².